The Morgan fingerprint density at radius 3 is 2.73 bits per heavy atom. The molecule has 0 saturated heterocycles. The average Bonchev–Trinajstić information content (AvgIpc) is 2.68. The van der Waals surface area contributed by atoms with E-state index in [2.05, 4.69) is 15.5 Å². The molecule has 0 atom stereocenters. The highest BCUT2D eigenvalue weighted by atomic mass is 15.5. The Labute approximate surface area is 87.0 Å². The third-order valence-corrected chi connectivity index (χ3v) is 2.06. The van der Waals surface area contributed by atoms with E-state index in [1.165, 1.54) is 10.2 Å². The van der Waals surface area contributed by atoms with Crippen molar-refractivity contribution in [2.75, 3.05) is 0 Å². The van der Waals surface area contributed by atoms with Crippen LogP contribution in [0.5, 0.6) is 0 Å². The van der Waals surface area contributed by atoms with E-state index in [9.17, 15) is 0 Å². The van der Waals surface area contributed by atoms with Crippen molar-refractivity contribution in [3.05, 3.63) is 29.8 Å². The van der Waals surface area contributed by atoms with Crippen LogP contribution < -0.4 is 0 Å². The molecule has 0 aliphatic carbocycles. The molecule has 0 unspecified atom stereocenters. The fourth-order valence-electron chi connectivity index (χ4n) is 1.29. The zero-order chi connectivity index (χ0) is 10.7. The van der Waals surface area contributed by atoms with Gasteiger partial charge in [0.2, 0.25) is 0 Å². The Kier molecular flexibility index (Phi) is 2.42. The number of aryl methyl sites for hydroxylation is 1. The Hall–Kier alpha value is -2.22. The molecule has 0 aliphatic rings. The average molecular weight is 199 g/mol. The highest BCUT2D eigenvalue weighted by Gasteiger charge is 2.07. The van der Waals surface area contributed by atoms with Crippen LogP contribution in [-0.4, -0.2) is 20.2 Å². The van der Waals surface area contributed by atoms with Gasteiger partial charge < -0.3 is 0 Å². The molecule has 0 fully saturated rings. The zero-order valence-electron chi connectivity index (χ0n) is 8.25. The maximum absolute atomic E-state index is 8.59. The lowest BCUT2D eigenvalue weighted by atomic mass is 10.1. The van der Waals surface area contributed by atoms with E-state index >= 15 is 0 Å². The minimum absolute atomic E-state index is 0.163. The fourth-order valence-corrected chi connectivity index (χ4v) is 1.29. The number of hydrogen-bond donors (Lipinski definition) is 0. The van der Waals surface area contributed by atoms with Crippen LogP contribution in [0.2, 0.25) is 0 Å². The Morgan fingerprint density at radius 2 is 2.07 bits per heavy atom. The normalized spacial score (nSPS) is 9.87. The molecule has 2 aromatic rings. The molecule has 0 bridgehead atoms. The predicted molar refractivity (Wildman–Crippen MR) is 53.6 cm³/mol. The highest BCUT2D eigenvalue weighted by Crippen LogP contribution is 2.15. The van der Waals surface area contributed by atoms with E-state index in [-0.39, 0.29) is 6.54 Å². The Bertz CT molecular complexity index is 491. The van der Waals surface area contributed by atoms with E-state index in [4.69, 9.17) is 5.26 Å². The molecule has 1 heterocycles. The van der Waals surface area contributed by atoms with Crippen LogP contribution in [0.15, 0.2) is 24.3 Å². The van der Waals surface area contributed by atoms with E-state index in [0.717, 1.165) is 5.56 Å². The van der Waals surface area contributed by atoms with Crippen molar-refractivity contribution in [3.8, 4) is 17.5 Å². The van der Waals surface area contributed by atoms with Gasteiger partial charge in [-0.15, -0.1) is 5.10 Å². The molecule has 0 spiro atoms. The van der Waals surface area contributed by atoms with Crippen LogP contribution in [0.25, 0.3) is 11.4 Å². The number of tetrazole rings is 1. The van der Waals surface area contributed by atoms with Crippen molar-refractivity contribution in [1.29, 1.82) is 5.26 Å². The van der Waals surface area contributed by atoms with Crippen molar-refractivity contribution in [2.24, 2.45) is 0 Å². The van der Waals surface area contributed by atoms with E-state index in [1.807, 2.05) is 37.3 Å². The van der Waals surface area contributed by atoms with Crippen molar-refractivity contribution in [3.63, 3.8) is 0 Å². The van der Waals surface area contributed by atoms with E-state index < -0.39 is 0 Å². The van der Waals surface area contributed by atoms with Gasteiger partial charge in [-0.05, 0) is 17.4 Å². The molecule has 5 heteroatoms. The number of rotatable bonds is 2. The first-order valence-corrected chi connectivity index (χ1v) is 4.51. The number of nitriles is 1. The van der Waals surface area contributed by atoms with Crippen molar-refractivity contribution < 1.29 is 0 Å². The smallest absolute Gasteiger partial charge is 0.183 e. The van der Waals surface area contributed by atoms with Gasteiger partial charge in [0, 0.05) is 5.56 Å². The SMILES string of the molecule is Cc1ccc(-c2nnnn2CC#N)cc1. The second kappa shape index (κ2) is 3.88. The summed E-state index contributed by atoms with van der Waals surface area (Å²) in [7, 11) is 0. The number of aromatic nitrogens is 4. The van der Waals surface area contributed by atoms with Crippen molar-refractivity contribution in [1.82, 2.24) is 20.2 Å². The third kappa shape index (κ3) is 1.83. The van der Waals surface area contributed by atoms with Crippen molar-refractivity contribution >= 4 is 0 Å². The fraction of sp³-hybridized carbons (Fsp3) is 0.200. The minimum atomic E-state index is 0.163. The summed E-state index contributed by atoms with van der Waals surface area (Å²) in [5.74, 6) is 0.622. The van der Waals surface area contributed by atoms with Crippen LogP contribution in [-0.2, 0) is 6.54 Å². The van der Waals surface area contributed by atoms with Gasteiger partial charge in [0.25, 0.3) is 0 Å². The largest absolute Gasteiger partial charge is 0.211 e. The summed E-state index contributed by atoms with van der Waals surface area (Å²) in [4.78, 5) is 0. The Balaban J connectivity index is 2.41. The molecule has 5 nitrogen and oxygen atoms in total. The maximum atomic E-state index is 8.59. The first kappa shape index (κ1) is 9.34. The van der Waals surface area contributed by atoms with Gasteiger partial charge in [-0.25, -0.2) is 4.68 Å². The van der Waals surface area contributed by atoms with Crippen LogP contribution >= 0.6 is 0 Å². The lowest BCUT2D eigenvalue weighted by molar-refractivity contribution is 0.671. The van der Waals surface area contributed by atoms with Gasteiger partial charge >= 0.3 is 0 Å². The van der Waals surface area contributed by atoms with Gasteiger partial charge in [-0.3, -0.25) is 0 Å². The van der Waals surface area contributed by atoms with Gasteiger partial charge in [0.1, 0.15) is 6.54 Å². The van der Waals surface area contributed by atoms with Crippen LogP contribution in [0.1, 0.15) is 5.56 Å². The molecule has 0 N–H and O–H groups in total. The third-order valence-electron chi connectivity index (χ3n) is 2.06. The van der Waals surface area contributed by atoms with E-state index in [0.29, 0.717) is 5.82 Å². The van der Waals surface area contributed by atoms with Gasteiger partial charge in [0.15, 0.2) is 5.82 Å². The van der Waals surface area contributed by atoms with Crippen molar-refractivity contribution in [2.45, 2.75) is 13.5 Å². The summed E-state index contributed by atoms with van der Waals surface area (Å²) >= 11 is 0. The van der Waals surface area contributed by atoms with Crippen LogP contribution in [0, 0.1) is 18.3 Å². The lowest BCUT2D eigenvalue weighted by Gasteiger charge is -2.00. The summed E-state index contributed by atoms with van der Waals surface area (Å²) in [5.41, 5.74) is 2.10. The molecule has 15 heavy (non-hydrogen) atoms. The zero-order valence-corrected chi connectivity index (χ0v) is 8.25. The molecular weight excluding hydrogens is 190 g/mol. The highest BCUT2D eigenvalue weighted by molar-refractivity contribution is 5.54. The summed E-state index contributed by atoms with van der Waals surface area (Å²) in [6.07, 6.45) is 0. The number of nitrogens with zero attached hydrogens (tertiary/aromatic N) is 5. The summed E-state index contributed by atoms with van der Waals surface area (Å²) in [5, 5.41) is 19.8. The molecule has 1 aromatic heterocycles. The van der Waals surface area contributed by atoms with Gasteiger partial charge in [-0.1, -0.05) is 29.8 Å². The maximum Gasteiger partial charge on any atom is 0.183 e. The quantitative estimate of drug-likeness (QED) is 0.728. The monoisotopic (exact) mass is 199 g/mol. The second-order valence-corrected chi connectivity index (χ2v) is 3.18. The topological polar surface area (TPSA) is 67.4 Å². The standard InChI is InChI=1S/C10H9N5/c1-8-2-4-9(5-3-8)10-12-13-14-15(10)7-6-11/h2-5H,7H2,1H3. The lowest BCUT2D eigenvalue weighted by Crippen LogP contribution is -2.00. The van der Waals surface area contributed by atoms with Crippen LogP contribution in [0.4, 0.5) is 0 Å². The summed E-state index contributed by atoms with van der Waals surface area (Å²) in [6, 6.07) is 9.86. The molecule has 2 rings (SSSR count). The first-order chi connectivity index (χ1) is 7.31. The predicted octanol–water partition coefficient (Wildman–Crippen LogP) is 1.17. The molecule has 74 valence electrons. The minimum Gasteiger partial charge on any atom is -0.211 e. The molecule has 0 aliphatic heterocycles. The Morgan fingerprint density at radius 1 is 1.33 bits per heavy atom. The summed E-state index contributed by atoms with van der Waals surface area (Å²) in [6.45, 7) is 2.18. The molecule has 0 saturated carbocycles. The van der Waals surface area contributed by atoms with Gasteiger partial charge in [-0.2, -0.15) is 5.26 Å². The molecule has 1 aromatic carbocycles. The van der Waals surface area contributed by atoms with Gasteiger partial charge in [0.05, 0.1) is 6.07 Å². The van der Waals surface area contributed by atoms with E-state index in [1.54, 1.807) is 0 Å². The second-order valence-electron chi connectivity index (χ2n) is 3.18. The molecular formula is C10H9N5. The first-order valence-electron chi connectivity index (χ1n) is 4.51. The number of hydrogen-bond acceptors (Lipinski definition) is 4. The molecule has 0 amide bonds. The molecule has 0 radical (unpaired) electrons. The summed E-state index contributed by atoms with van der Waals surface area (Å²) < 4.78 is 1.48. The van der Waals surface area contributed by atoms with Crippen LogP contribution in [0.3, 0.4) is 0 Å². The number of benzene rings is 1.